The highest BCUT2D eigenvalue weighted by atomic mass is 32.2. The molecule has 7 nitrogen and oxygen atoms in total. The summed E-state index contributed by atoms with van der Waals surface area (Å²) in [5.74, 6) is -2.21. The van der Waals surface area contributed by atoms with Gasteiger partial charge in [-0.2, -0.15) is 18.3 Å². The van der Waals surface area contributed by atoms with Crippen LogP contribution in [0.5, 0.6) is 0 Å². The van der Waals surface area contributed by atoms with Gasteiger partial charge >= 0.3 is 6.18 Å². The first-order valence-electron chi connectivity index (χ1n) is 8.87. The number of rotatable bonds is 4. The van der Waals surface area contributed by atoms with Crippen LogP contribution in [0.15, 0.2) is 58.2 Å². The van der Waals surface area contributed by atoms with E-state index in [0.29, 0.717) is 0 Å². The van der Waals surface area contributed by atoms with Crippen molar-refractivity contribution in [1.29, 1.82) is 0 Å². The third kappa shape index (κ3) is 4.69. The molecule has 0 saturated heterocycles. The number of carbonyl (C=O) groups excluding carboxylic acids is 1. The smallest absolute Gasteiger partial charge is 0.318 e. The number of sulfone groups is 1. The second-order valence-electron chi connectivity index (χ2n) is 6.79. The van der Waals surface area contributed by atoms with Crippen LogP contribution in [-0.4, -0.2) is 30.4 Å². The highest BCUT2D eigenvalue weighted by Gasteiger charge is 2.34. The minimum Gasteiger partial charge on any atom is -0.318 e. The Bertz CT molecular complexity index is 1380. The summed E-state index contributed by atoms with van der Waals surface area (Å²) in [7, 11) is -3.72. The molecule has 0 unspecified atom stereocenters. The molecule has 12 heteroatoms. The van der Waals surface area contributed by atoms with Gasteiger partial charge in [0.2, 0.25) is 5.43 Å². The second kappa shape index (κ2) is 8.19. The average molecular weight is 469 g/mol. The molecule has 0 aliphatic heterocycles. The number of hydrogen-bond donors (Lipinski definition) is 1. The van der Waals surface area contributed by atoms with Gasteiger partial charge in [0.15, 0.2) is 15.5 Å². The molecular formula is C20H15F4N3O4S. The number of anilines is 1. The number of hydrogen-bond acceptors (Lipinski definition) is 5. The fourth-order valence-corrected chi connectivity index (χ4v) is 3.51. The van der Waals surface area contributed by atoms with E-state index in [0.717, 1.165) is 47.3 Å². The van der Waals surface area contributed by atoms with Crippen LogP contribution in [0.2, 0.25) is 0 Å². The van der Waals surface area contributed by atoms with Gasteiger partial charge in [0.25, 0.3) is 5.91 Å². The first-order valence-corrected chi connectivity index (χ1v) is 10.8. The molecule has 0 fully saturated rings. The minimum absolute atomic E-state index is 0.0218. The Morgan fingerprint density at radius 3 is 2.38 bits per heavy atom. The zero-order valence-corrected chi connectivity index (χ0v) is 17.4. The molecular weight excluding hydrogens is 454 g/mol. The number of alkyl halides is 3. The van der Waals surface area contributed by atoms with Crippen LogP contribution in [0.4, 0.5) is 23.2 Å². The van der Waals surface area contributed by atoms with Gasteiger partial charge in [-0.25, -0.2) is 17.5 Å². The summed E-state index contributed by atoms with van der Waals surface area (Å²) in [6.07, 6.45) is -3.85. The molecule has 168 valence electrons. The Morgan fingerprint density at radius 2 is 1.75 bits per heavy atom. The van der Waals surface area contributed by atoms with Crippen molar-refractivity contribution in [3.8, 4) is 5.69 Å². The van der Waals surface area contributed by atoms with E-state index in [9.17, 15) is 35.6 Å². The lowest BCUT2D eigenvalue weighted by Gasteiger charge is -2.16. The summed E-state index contributed by atoms with van der Waals surface area (Å²) >= 11 is 0. The fraction of sp³-hybridized carbons (Fsp3) is 0.150. The second-order valence-corrected chi connectivity index (χ2v) is 8.81. The van der Waals surface area contributed by atoms with Crippen molar-refractivity contribution in [3.05, 3.63) is 81.5 Å². The maximum absolute atomic E-state index is 14.1. The van der Waals surface area contributed by atoms with Crippen LogP contribution in [0.1, 0.15) is 21.7 Å². The van der Waals surface area contributed by atoms with Crippen molar-refractivity contribution < 1.29 is 30.8 Å². The standard InChI is InChI=1S/C20H15F4N3O4S/c1-11-9-17(28)18(26-27(11)16-6-4-3-5-13(16)20(22,23)24)19(29)25-15-10-12(32(2,30)31)7-8-14(15)21/h3-10H,1-2H3,(H,25,29). The van der Waals surface area contributed by atoms with E-state index in [1.54, 1.807) is 0 Å². The maximum atomic E-state index is 14.1. The molecule has 0 saturated carbocycles. The summed E-state index contributed by atoms with van der Waals surface area (Å²) in [6.45, 7) is 1.33. The van der Waals surface area contributed by atoms with Crippen LogP contribution >= 0.6 is 0 Å². The van der Waals surface area contributed by atoms with E-state index in [1.807, 2.05) is 5.32 Å². The Balaban J connectivity index is 2.09. The number of carbonyl (C=O) groups is 1. The minimum atomic E-state index is -4.73. The lowest BCUT2D eigenvalue weighted by atomic mass is 10.1. The van der Waals surface area contributed by atoms with Crippen molar-refractivity contribution in [2.45, 2.75) is 18.0 Å². The predicted octanol–water partition coefficient (Wildman–Crippen LogP) is 3.35. The van der Waals surface area contributed by atoms with Crippen LogP contribution < -0.4 is 10.7 Å². The van der Waals surface area contributed by atoms with E-state index in [2.05, 4.69) is 5.10 Å². The van der Waals surface area contributed by atoms with Gasteiger partial charge in [0.1, 0.15) is 5.82 Å². The molecule has 0 spiro atoms. The number of benzene rings is 2. The van der Waals surface area contributed by atoms with Gasteiger partial charge in [-0.05, 0) is 37.3 Å². The maximum Gasteiger partial charge on any atom is 0.418 e. The van der Waals surface area contributed by atoms with Crippen molar-refractivity contribution in [2.24, 2.45) is 0 Å². The SMILES string of the molecule is Cc1cc(=O)c(C(=O)Nc2cc(S(C)(=O)=O)ccc2F)nn1-c1ccccc1C(F)(F)F. The van der Waals surface area contributed by atoms with Gasteiger partial charge < -0.3 is 5.32 Å². The summed E-state index contributed by atoms with van der Waals surface area (Å²) in [4.78, 5) is 24.6. The van der Waals surface area contributed by atoms with E-state index in [1.165, 1.54) is 19.1 Å². The third-order valence-corrected chi connectivity index (χ3v) is 5.48. The third-order valence-electron chi connectivity index (χ3n) is 4.37. The van der Waals surface area contributed by atoms with Crippen LogP contribution in [0.3, 0.4) is 0 Å². The molecule has 2 aromatic carbocycles. The Kier molecular flexibility index (Phi) is 5.92. The highest BCUT2D eigenvalue weighted by Crippen LogP contribution is 2.33. The summed E-state index contributed by atoms with van der Waals surface area (Å²) in [6, 6.07) is 8.01. The summed E-state index contributed by atoms with van der Waals surface area (Å²) < 4.78 is 78.4. The van der Waals surface area contributed by atoms with Gasteiger partial charge in [0.05, 0.1) is 21.8 Å². The molecule has 32 heavy (non-hydrogen) atoms. The number of nitrogens with one attached hydrogen (secondary N) is 1. The summed E-state index contributed by atoms with van der Waals surface area (Å²) in [5, 5.41) is 5.81. The molecule has 1 amide bonds. The molecule has 0 aliphatic carbocycles. The predicted molar refractivity (Wildman–Crippen MR) is 107 cm³/mol. The van der Waals surface area contributed by atoms with Crippen molar-refractivity contribution in [1.82, 2.24) is 9.78 Å². The normalized spacial score (nSPS) is 11.9. The van der Waals surface area contributed by atoms with E-state index in [4.69, 9.17) is 0 Å². The average Bonchev–Trinajstić information content (AvgIpc) is 2.68. The molecule has 3 rings (SSSR count). The number of aromatic nitrogens is 2. The van der Waals surface area contributed by atoms with Gasteiger partial charge in [-0.15, -0.1) is 0 Å². The van der Waals surface area contributed by atoms with Gasteiger partial charge in [-0.1, -0.05) is 12.1 Å². The zero-order valence-electron chi connectivity index (χ0n) is 16.6. The van der Waals surface area contributed by atoms with Gasteiger partial charge in [-0.3, -0.25) is 9.59 Å². The molecule has 0 bridgehead atoms. The van der Waals surface area contributed by atoms with Crippen molar-refractivity contribution >= 4 is 21.4 Å². The van der Waals surface area contributed by atoms with E-state index in [-0.39, 0.29) is 10.6 Å². The van der Waals surface area contributed by atoms with Crippen molar-refractivity contribution in [3.63, 3.8) is 0 Å². The number of amides is 1. The molecule has 1 heterocycles. The van der Waals surface area contributed by atoms with Crippen molar-refractivity contribution in [2.75, 3.05) is 11.6 Å². The molecule has 1 aromatic heterocycles. The Hall–Kier alpha value is -3.54. The number of para-hydroxylation sites is 1. The zero-order chi connectivity index (χ0) is 23.8. The molecule has 0 radical (unpaired) electrons. The van der Waals surface area contributed by atoms with Crippen LogP contribution in [0, 0.1) is 12.7 Å². The van der Waals surface area contributed by atoms with Crippen LogP contribution in [-0.2, 0) is 16.0 Å². The van der Waals surface area contributed by atoms with E-state index >= 15 is 0 Å². The largest absolute Gasteiger partial charge is 0.418 e. The highest BCUT2D eigenvalue weighted by molar-refractivity contribution is 7.90. The lowest BCUT2D eigenvalue weighted by Crippen LogP contribution is -2.28. The van der Waals surface area contributed by atoms with Gasteiger partial charge in [0, 0.05) is 18.0 Å². The monoisotopic (exact) mass is 469 g/mol. The topological polar surface area (TPSA) is 98.1 Å². The first kappa shape index (κ1) is 23.1. The number of aryl methyl sites for hydroxylation is 1. The van der Waals surface area contributed by atoms with Crippen LogP contribution in [0.25, 0.3) is 5.69 Å². The number of halogens is 4. The quantitative estimate of drug-likeness (QED) is 0.467. The Labute approximate surface area is 179 Å². The first-order chi connectivity index (χ1) is 14.8. The summed E-state index contributed by atoms with van der Waals surface area (Å²) in [5.41, 5.74) is -3.71. The lowest BCUT2D eigenvalue weighted by molar-refractivity contribution is -0.137. The molecule has 0 aliphatic rings. The number of nitrogens with zero attached hydrogens (tertiary/aromatic N) is 2. The Morgan fingerprint density at radius 1 is 1.09 bits per heavy atom. The fourth-order valence-electron chi connectivity index (χ4n) is 2.86. The molecule has 3 aromatic rings. The molecule has 1 N–H and O–H groups in total. The van der Waals surface area contributed by atoms with E-state index < -0.39 is 55.8 Å². The molecule has 0 atom stereocenters.